The van der Waals surface area contributed by atoms with Crippen molar-refractivity contribution in [2.24, 2.45) is 5.92 Å². The molecule has 3 nitrogen and oxygen atoms in total. The summed E-state index contributed by atoms with van der Waals surface area (Å²) in [7, 11) is 0. The molecule has 1 aromatic carbocycles. The zero-order valence-corrected chi connectivity index (χ0v) is 13.1. The van der Waals surface area contributed by atoms with Crippen LogP contribution < -0.4 is 10.2 Å². The molecule has 1 aromatic rings. The van der Waals surface area contributed by atoms with Crippen LogP contribution in [-0.4, -0.2) is 38.4 Å². The SMILES string of the molecule is C[C@H](N[C@H]1CCN(c2ccc(Cl)c(F)c2)C1)[C@H]1CCOC1. The number of nitrogens with one attached hydrogen (secondary N) is 1. The van der Waals surface area contributed by atoms with Crippen LogP contribution >= 0.6 is 11.6 Å². The van der Waals surface area contributed by atoms with Gasteiger partial charge in [-0.1, -0.05) is 11.6 Å². The molecule has 2 aliphatic rings. The predicted octanol–water partition coefficient (Wildman–Crippen LogP) is 3.07. The Kier molecular flexibility index (Phi) is 4.67. The van der Waals surface area contributed by atoms with Gasteiger partial charge < -0.3 is 15.0 Å². The van der Waals surface area contributed by atoms with Crippen LogP contribution in [0, 0.1) is 11.7 Å². The minimum Gasteiger partial charge on any atom is -0.381 e. The topological polar surface area (TPSA) is 24.5 Å². The molecule has 3 atom stereocenters. The summed E-state index contributed by atoms with van der Waals surface area (Å²) in [6.07, 6.45) is 2.23. The second-order valence-corrected chi connectivity index (χ2v) is 6.52. The number of anilines is 1. The number of rotatable bonds is 4. The minimum atomic E-state index is -0.345. The first-order valence-corrected chi connectivity index (χ1v) is 8.05. The molecule has 0 saturated carbocycles. The molecule has 0 aliphatic carbocycles. The van der Waals surface area contributed by atoms with Gasteiger partial charge in [0.05, 0.1) is 11.6 Å². The van der Waals surface area contributed by atoms with Crippen LogP contribution in [0.3, 0.4) is 0 Å². The monoisotopic (exact) mass is 312 g/mol. The number of ether oxygens (including phenoxy) is 1. The van der Waals surface area contributed by atoms with Gasteiger partial charge in [0.2, 0.25) is 0 Å². The van der Waals surface area contributed by atoms with Crippen LogP contribution in [0.5, 0.6) is 0 Å². The third kappa shape index (κ3) is 3.50. The minimum absolute atomic E-state index is 0.183. The van der Waals surface area contributed by atoms with Gasteiger partial charge in [-0.2, -0.15) is 0 Å². The highest BCUT2D eigenvalue weighted by molar-refractivity contribution is 6.30. The van der Waals surface area contributed by atoms with E-state index in [1.807, 2.05) is 6.07 Å². The molecule has 2 heterocycles. The Morgan fingerprint density at radius 1 is 1.43 bits per heavy atom. The standard InChI is InChI=1S/C16H22ClFN2O/c1-11(12-5-7-21-10-12)19-13-4-6-20(9-13)14-2-3-15(17)16(18)8-14/h2-3,8,11-13,19H,4-7,9-10H2,1H3/t11-,12-,13-/m0/s1. The maximum atomic E-state index is 13.6. The normalized spacial score (nSPS) is 27.3. The van der Waals surface area contributed by atoms with Crippen LogP contribution in [0.2, 0.25) is 5.02 Å². The van der Waals surface area contributed by atoms with E-state index in [9.17, 15) is 4.39 Å². The summed E-state index contributed by atoms with van der Waals surface area (Å²) in [4.78, 5) is 2.22. The Labute approximate surface area is 130 Å². The van der Waals surface area contributed by atoms with Gasteiger partial charge in [0.1, 0.15) is 5.82 Å². The quantitative estimate of drug-likeness (QED) is 0.924. The highest BCUT2D eigenvalue weighted by Crippen LogP contribution is 2.26. The molecule has 3 rings (SSSR count). The van der Waals surface area contributed by atoms with E-state index in [2.05, 4.69) is 17.1 Å². The first-order valence-electron chi connectivity index (χ1n) is 7.67. The van der Waals surface area contributed by atoms with Gasteiger partial charge in [0, 0.05) is 37.5 Å². The smallest absolute Gasteiger partial charge is 0.143 e. The van der Waals surface area contributed by atoms with E-state index < -0.39 is 0 Å². The van der Waals surface area contributed by atoms with Crippen molar-refractivity contribution < 1.29 is 9.13 Å². The van der Waals surface area contributed by atoms with Gasteiger partial charge >= 0.3 is 0 Å². The second kappa shape index (κ2) is 6.51. The van der Waals surface area contributed by atoms with Gasteiger partial charge in [0.15, 0.2) is 0 Å². The Morgan fingerprint density at radius 3 is 3.00 bits per heavy atom. The Hall–Kier alpha value is -0.840. The van der Waals surface area contributed by atoms with Gasteiger partial charge in [-0.15, -0.1) is 0 Å². The number of nitrogens with zero attached hydrogens (tertiary/aromatic N) is 1. The van der Waals surface area contributed by atoms with Crippen LogP contribution in [0.25, 0.3) is 0 Å². The lowest BCUT2D eigenvalue weighted by Crippen LogP contribution is -2.42. The van der Waals surface area contributed by atoms with Crippen molar-refractivity contribution >= 4 is 17.3 Å². The maximum Gasteiger partial charge on any atom is 0.143 e. The van der Waals surface area contributed by atoms with Gasteiger partial charge in [0.25, 0.3) is 0 Å². The first kappa shape index (κ1) is 15.1. The third-order valence-electron chi connectivity index (χ3n) is 4.63. The molecule has 2 saturated heterocycles. The maximum absolute atomic E-state index is 13.6. The fourth-order valence-electron chi connectivity index (χ4n) is 3.27. The Morgan fingerprint density at radius 2 is 2.29 bits per heavy atom. The van der Waals surface area contributed by atoms with Crippen LogP contribution in [0.4, 0.5) is 10.1 Å². The highest BCUT2D eigenvalue weighted by Gasteiger charge is 2.28. The summed E-state index contributed by atoms with van der Waals surface area (Å²) in [5, 5.41) is 3.89. The van der Waals surface area contributed by atoms with Crippen molar-refractivity contribution in [2.75, 3.05) is 31.2 Å². The van der Waals surface area contributed by atoms with Crippen molar-refractivity contribution in [1.29, 1.82) is 0 Å². The molecule has 0 unspecified atom stereocenters. The summed E-state index contributed by atoms with van der Waals surface area (Å²) < 4.78 is 19.0. The van der Waals surface area contributed by atoms with Gasteiger partial charge in [-0.25, -0.2) is 4.39 Å². The fraction of sp³-hybridized carbons (Fsp3) is 0.625. The third-order valence-corrected chi connectivity index (χ3v) is 4.93. The molecule has 2 aliphatic heterocycles. The van der Waals surface area contributed by atoms with E-state index in [1.54, 1.807) is 6.07 Å². The molecule has 2 fully saturated rings. The largest absolute Gasteiger partial charge is 0.381 e. The first-order chi connectivity index (χ1) is 10.1. The summed E-state index contributed by atoms with van der Waals surface area (Å²) in [6.45, 7) is 5.86. The zero-order valence-electron chi connectivity index (χ0n) is 12.3. The summed E-state index contributed by atoms with van der Waals surface area (Å²) in [5.74, 6) is 0.272. The molecule has 116 valence electrons. The van der Waals surface area contributed by atoms with Crippen LogP contribution in [0.1, 0.15) is 19.8 Å². The molecule has 0 radical (unpaired) electrons. The summed E-state index contributed by atoms with van der Waals surface area (Å²) in [5.41, 5.74) is 0.915. The molecule has 0 amide bonds. The Balaban J connectivity index is 1.56. The second-order valence-electron chi connectivity index (χ2n) is 6.11. The van der Waals surface area contributed by atoms with Gasteiger partial charge in [-0.05, 0) is 43.9 Å². The molecular weight excluding hydrogens is 291 g/mol. The zero-order chi connectivity index (χ0) is 14.8. The fourth-order valence-corrected chi connectivity index (χ4v) is 3.39. The van der Waals surface area contributed by atoms with Crippen molar-refractivity contribution in [3.05, 3.63) is 29.0 Å². The van der Waals surface area contributed by atoms with E-state index >= 15 is 0 Å². The van der Waals surface area contributed by atoms with E-state index in [0.717, 1.165) is 44.8 Å². The average molecular weight is 313 g/mol. The molecule has 0 bridgehead atoms. The molecule has 0 spiro atoms. The summed E-state index contributed by atoms with van der Waals surface area (Å²) >= 11 is 5.74. The van der Waals surface area contributed by atoms with Crippen molar-refractivity contribution in [1.82, 2.24) is 5.32 Å². The molecule has 0 aromatic heterocycles. The van der Waals surface area contributed by atoms with Crippen LogP contribution in [-0.2, 0) is 4.74 Å². The van der Waals surface area contributed by atoms with Crippen molar-refractivity contribution in [2.45, 2.75) is 31.8 Å². The number of hydrogen-bond donors (Lipinski definition) is 1. The van der Waals surface area contributed by atoms with E-state index in [-0.39, 0.29) is 10.8 Å². The average Bonchev–Trinajstić information content (AvgIpc) is 3.12. The van der Waals surface area contributed by atoms with E-state index in [4.69, 9.17) is 16.3 Å². The number of halogens is 2. The molecule has 1 N–H and O–H groups in total. The lowest BCUT2D eigenvalue weighted by molar-refractivity contribution is 0.177. The lowest BCUT2D eigenvalue weighted by Gasteiger charge is -2.24. The van der Waals surface area contributed by atoms with Crippen LogP contribution in [0.15, 0.2) is 18.2 Å². The van der Waals surface area contributed by atoms with E-state index in [0.29, 0.717) is 18.0 Å². The molecule has 21 heavy (non-hydrogen) atoms. The highest BCUT2D eigenvalue weighted by atomic mass is 35.5. The summed E-state index contributed by atoms with van der Waals surface area (Å²) in [6, 6.07) is 5.98. The predicted molar refractivity (Wildman–Crippen MR) is 83.6 cm³/mol. The van der Waals surface area contributed by atoms with Crippen molar-refractivity contribution in [3.63, 3.8) is 0 Å². The molecule has 5 heteroatoms. The molecular formula is C16H22ClFN2O. The Bertz CT molecular complexity index is 493. The lowest BCUT2D eigenvalue weighted by atomic mass is 10.00. The van der Waals surface area contributed by atoms with Crippen molar-refractivity contribution in [3.8, 4) is 0 Å². The van der Waals surface area contributed by atoms with E-state index in [1.165, 1.54) is 6.07 Å². The van der Waals surface area contributed by atoms with Gasteiger partial charge in [-0.3, -0.25) is 0 Å². The number of hydrogen-bond acceptors (Lipinski definition) is 3. The number of benzene rings is 1.